The molecule has 1 fully saturated rings. The van der Waals surface area contributed by atoms with Crippen LogP contribution in [0.15, 0.2) is 60.0 Å². The Bertz CT molecular complexity index is 1470. The maximum atomic E-state index is 13.6. The number of anilines is 1. The highest BCUT2D eigenvalue weighted by molar-refractivity contribution is 7.21. The van der Waals surface area contributed by atoms with E-state index in [-0.39, 0.29) is 29.6 Å². The Hall–Kier alpha value is -3.36. The van der Waals surface area contributed by atoms with Crippen molar-refractivity contribution >= 4 is 56.3 Å². The lowest BCUT2D eigenvalue weighted by Gasteiger charge is -2.30. The van der Waals surface area contributed by atoms with Gasteiger partial charge in [-0.3, -0.25) is 14.4 Å². The number of carbonyl (C=O) groups excluding carboxylic acids is 3. The molecule has 6 nitrogen and oxygen atoms in total. The predicted octanol–water partition coefficient (Wildman–Crippen LogP) is 6.43. The Morgan fingerprint density at radius 2 is 1.86 bits per heavy atom. The van der Waals surface area contributed by atoms with Crippen LogP contribution in [0.5, 0.6) is 0 Å². The molecule has 0 radical (unpaired) electrons. The number of benzene rings is 2. The largest absolute Gasteiger partial charge is 0.325 e. The highest BCUT2D eigenvalue weighted by Gasteiger charge is 2.44. The first-order valence-corrected chi connectivity index (χ1v) is 13.9. The molecule has 2 aromatic heterocycles. The summed E-state index contributed by atoms with van der Waals surface area (Å²) in [5, 5.41) is 2.84. The van der Waals surface area contributed by atoms with Crippen molar-refractivity contribution < 1.29 is 14.4 Å². The quantitative estimate of drug-likeness (QED) is 0.269. The van der Waals surface area contributed by atoms with E-state index in [1.807, 2.05) is 62.5 Å². The van der Waals surface area contributed by atoms with Crippen LogP contribution in [-0.2, 0) is 20.9 Å². The van der Waals surface area contributed by atoms with Gasteiger partial charge in [-0.25, -0.2) is 9.88 Å². The van der Waals surface area contributed by atoms with Gasteiger partial charge in [-0.2, -0.15) is 0 Å². The Kier molecular flexibility index (Phi) is 6.72. The monoisotopic (exact) mass is 531 g/mol. The molecule has 0 bridgehead atoms. The van der Waals surface area contributed by atoms with E-state index in [2.05, 4.69) is 13.0 Å². The fourth-order valence-corrected chi connectivity index (χ4v) is 6.31. The second-order valence-electron chi connectivity index (χ2n) is 10.7. The summed E-state index contributed by atoms with van der Waals surface area (Å²) in [5.41, 5.74) is 3.35. The molecule has 0 aliphatic carbocycles. The summed E-state index contributed by atoms with van der Waals surface area (Å²) in [6, 6.07) is 16.6. The topological polar surface area (TPSA) is 70.6 Å². The minimum Gasteiger partial charge on any atom is -0.325 e. The molecular formula is C29H29N3O3S2. The maximum Gasteiger partial charge on any atom is 0.257 e. The normalized spacial score (nSPS) is 16.1. The Morgan fingerprint density at radius 1 is 1.11 bits per heavy atom. The van der Waals surface area contributed by atoms with E-state index in [1.54, 1.807) is 28.4 Å². The molecule has 0 N–H and O–H groups in total. The zero-order valence-electron chi connectivity index (χ0n) is 21.4. The van der Waals surface area contributed by atoms with E-state index >= 15 is 0 Å². The van der Waals surface area contributed by atoms with E-state index in [4.69, 9.17) is 4.98 Å². The summed E-state index contributed by atoms with van der Waals surface area (Å²) in [4.78, 5) is 48.5. The average Bonchev–Trinajstić information content (AvgIpc) is 3.55. The zero-order valence-corrected chi connectivity index (χ0v) is 23.0. The van der Waals surface area contributed by atoms with Crippen molar-refractivity contribution in [3.8, 4) is 10.6 Å². The number of rotatable bonds is 6. The molecule has 37 heavy (non-hydrogen) atoms. The van der Waals surface area contributed by atoms with Gasteiger partial charge in [0.25, 0.3) is 5.91 Å². The van der Waals surface area contributed by atoms with E-state index in [0.29, 0.717) is 18.7 Å². The molecule has 2 aromatic carbocycles. The molecule has 1 aliphatic heterocycles. The van der Waals surface area contributed by atoms with Crippen molar-refractivity contribution in [2.75, 3.05) is 4.90 Å². The first-order valence-electron chi connectivity index (χ1n) is 12.3. The number of aryl methyl sites for hydroxylation is 1. The van der Waals surface area contributed by atoms with E-state index in [0.717, 1.165) is 25.7 Å². The molecule has 0 spiro atoms. The van der Waals surface area contributed by atoms with Gasteiger partial charge in [0.2, 0.25) is 11.8 Å². The molecular weight excluding hydrogens is 502 g/mol. The lowest BCUT2D eigenvalue weighted by atomic mass is 9.91. The highest BCUT2D eigenvalue weighted by Crippen LogP contribution is 2.34. The Morgan fingerprint density at radius 3 is 2.54 bits per heavy atom. The van der Waals surface area contributed by atoms with Crippen molar-refractivity contribution in [2.24, 2.45) is 5.41 Å². The van der Waals surface area contributed by atoms with Gasteiger partial charge in [0, 0.05) is 16.9 Å². The molecule has 4 aromatic rings. The molecule has 5 rings (SSSR count). The highest BCUT2D eigenvalue weighted by atomic mass is 32.1. The van der Waals surface area contributed by atoms with Crippen molar-refractivity contribution in [3.63, 3.8) is 0 Å². The summed E-state index contributed by atoms with van der Waals surface area (Å²) in [6.07, 6.45) is 0.284. The number of thiazole rings is 1. The van der Waals surface area contributed by atoms with Crippen LogP contribution in [-0.4, -0.2) is 33.6 Å². The standard InChI is InChI=1S/C29H29N3O3S2/c1-18-7-12-22-24(14-18)37-27(30-22)19-8-10-20(11-9-19)32-25(33)15-23(28(32)35)31(17-21-6-5-13-36-21)26(34)16-29(2,3)4/h5-14,23H,15-17H2,1-4H3. The van der Waals surface area contributed by atoms with E-state index < -0.39 is 6.04 Å². The van der Waals surface area contributed by atoms with Crippen molar-refractivity contribution in [2.45, 2.75) is 53.1 Å². The number of aromatic nitrogens is 1. The SMILES string of the molecule is Cc1ccc2nc(-c3ccc(N4C(=O)CC(N(Cc5cccs5)C(=O)CC(C)(C)C)C4=O)cc3)sc2c1. The molecule has 1 unspecified atom stereocenters. The smallest absolute Gasteiger partial charge is 0.257 e. The number of amides is 3. The van der Waals surface area contributed by atoms with Gasteiger partial charge in [0.15, 0.2) is 0 Å². The van der Waals surface area contributed by atoms with Crippen LogP contribution in [0.25, 0.3) is 20.8 Å². The summed E-state index contributed by atoms with van der Waals surface area (Å²) in [7, 11) is 0. The van der Waals surface area contributed by atoms with Crippen LogP contribution >= 0.6 is 22.7 Å². The third-order valence-corrected chi connectivity index (χ3v) is 8.25. The molecule has 3 amide bonds. The van der Waals surface area contributed by atoms with Gasteiger partial charge >= 0.3 is 0 Å². The number of carbonyl (C=O) groups is 3. The molecule has 190 valence electrons. The van der Waals surface area contributed by atoms with Crippen molar-refractivity contribution in [1.82, 2.24) is 9.88 Å². The first kappa shape index (κ1) is 25.3. The molecule has 3 heterocycles. The number of thiophene rings is 1. The molecule has 1 atom stereocenters. The first-order chi connectivity index (χ1) is 17.6. The fourth-order valence-electron chi connectivity index (χ4n) is 4.54. The third kappa shape index (κ3) is 5.36. The van der Waals surface area contributed by atoms with Gasteiger partial charge in [0.1, 0.15) is 11.0 Å². The van der Waals surface area contributed by atoms with E-state index in [9.17, 15) is 14.4 Å². The zero-order chi connectivity index (χ0) is 26.3. The fraction of sp³-hybridized carbons (Fsp3) is 0.310. The summed E-state index contributed by atoms with van der Waals surface area (Å²) in [5.74, 6) is -0.764. The number of hydrogen-bond acceptors (Lipinski definition) is 6. The van der Waals surface area contributed by atoms with Gasteiger partial charge in [0.05, 0.1) is 28.9 Å². The van der Waals surface area contributed by atoms with Gasteiger partial charge < -0.3 is 4.90 Å². The van der Waals surface area contributed by atoms with Crippen LogP contribution < -0.4 is 4.90 Å². The maximum absolute atomic E-state index is 13.6. The lowest BCUT2D eigenvalue weighted by Crippen LogP contribution is -2.45. The minimum atomic E-state index is -0.809. The molecule has 1 aliphatic rings. The molecule has 1 saturated heterocycles. The van der Waals surface area contributed by atoms with Gasteiger partial charge in [-0.15, -0.1) is 22.7 Å². The summed E-state index contributed by atoms with van der Waals surface area (Å²) < 4.78 is 1.12. The Labute approximate surface area is 224 Å². The average molecular weight is 532 g/mol. The minimum absolute atomic E-state index is 0.0148. The number of fused-ring (bicyclic) bond motifs is 1. The summed E-state index contributed by atoms with van der Waals surface area (Å²) >= 11 is 3.15. The second kappa shape index (κ2) is 9.84. The van der Waals surface area contributed by atoms with E-state index in [1.165, 1.54) is 21.8 Å². The van der Waals surface area contributed by atoms with Crippen molar-refractivity contribution in [1.29, 1.82) is 0 Å². The lowest BCUT2D eigenvalue weighted by molar-refractivity contribution is -0.140. The summed E-state index contributed by atoms with van der Waals surface area (Å²) in [6.45, 7) is 8.37. The van der Waals surface area contributed by atoms with Crippen molar-refractivity contribution in [3.05, 3.63) is 70.4 Å². The number of hydrogen-bond donors (Lipinski definition) is 0. The van der Waals surface area contributed by atoms with Gasteiger partial charge in [-0.05, 0) is 65.7 Å². The van der Waals surface area contributed by atoms with Crippen LogP contribution in [0.4, 0.5) is 5.69 Å². The third-order valence-electron chi connectivity index (χ3n) is 6.32. The van der Waals surface area contributed by atoms with Gasteiger partial charge in [-0.1, -0.05) is 32.9 Å². The predicted molar refractivity (Wildman–Crippen MR) is 150 cm³/mol. The molecule has 0 saturated carbocycles. The van der Waals surface area contributed by atoms with Crippen LogP contribution in [0.1, 0.15) is 44.1 Å². The number of imide groups is 1. The van der Waals surface area contributed by atoms with Crippen LogP contribution in [0.3, 0.4) is 0 Å². The number of nitrogens with zero attached hydrogens (tertiary/aromatic N) is 3. The Balaban J connectivity index is 1.39. The second-order valence-corrected chi connectivity index (χ2v) is 12.7. The molecule has 8 heteroatoms. The van der Waals surface area contributed by atoms with Crippen LogP contribution in [0.2, 0.25) is 0 Å². The van der Waals surface area contributed by atoms with Crippen LogP contribution in [0, 0.1) is 12.3 Å².